The van der Waals surface area contributed by atoms with Crippen LogP contribution in [-0.2, 0) is 6.42 Å². The van der Waals surface area contributed by atoms with Gasteiger partial charge in [0.1, 0.15) is 11.2 Å². The topological polar surface area (TPSA) is 51.8 Å². The van der Waals surface area contributed by atoms with E-state index in [9.17, 15) is 0 Å². The van der Waals surface area contributed by atoms with Crippen molar-refractivity contribution in [2.24, 2.45) is 5.92 Å². The van der Waals surface area contributed by atoms with E-state index in [2.05, 4.69) is 146 Å². The molecule has 1 unspecified atom stereocenters. The molecule has 5 heteroatoms. The minimum absolute atomic E-state index is 0.567. The molecule has 7 aromatic carbocycles. The first kappa shape index (κ1) is 33.4. The summed E-state index contributed by atoms with van der Waals surface area (Å²) in [5, 5.41) is 3.33. The summed E-state index contributed by atoms with van der Waals surface area (Å²) in [5.74, 6) is 2.40. The molecule has 57 heavy (non-hydrogen) atoms. The summed E-state index contributed by atoms with van der Waals surface area (Å²) in [4.78, 5) is 17.0. The second-order valence-corrected chi connectivity index (χ2v) is 15.9. The van der Waals surface area contributed by atoms with E-state index in [0.29, 0.717) is 23.4 Å². The first-order chi connectivity index (χ1) is 28.1. The first-order valence-electron chi connectivity index (χ1n) is 19.4. The van der Waals surface area contributed by atoms with Gasteiger partial charge in [0, 0.05) is 48.0 Å². The third kappa shape index (κ3) is 5.87. The Morgan fingerprint density at radius 3 is 1.84 bits per heavy atom. The van der Waals surface area contributed by atoms with Crippen molar-refractivity contribution in [3.63, 3.8) is 0 Å². The summed E-state index contributed by atoms with van der Waals surface area (Å²) in [6, 6.07) is 57.2. The summed E-state index contributed by atoms with van der Waals surface area (Å²) in [6.07, 6.45) is 5.75. The molecule has 11 rings (SSSR count). The zero-order chi connectivity index (χ0) is 37.9. The Hall–Kier alpha value is -6.95. The van der Waals surface area contributed by atoms with Crippen molar-refractivity contribution in [1.29, 1.82) is 0 Å². The average Bonchev–Trinajstić information content (AvgIpc) is 3.85. The van der Waals surface area contributed by atoms with Gasteiger partial charge in [0.05, 0.1) is 0 Å². The third-order valence-corrected chi connectivity index (χ3v) is 12.4. The van der Waals surface area contributed by atoms with Gasteiger partial charge < -0.3 is 4.42 Å². The average molecular weight is 750 g/mol. The van der Waals surface area contributed by atoms with Crippen molar-refractivity contribution < 1.29 is 4.42 Å². The van der Waals surface area contributed by atoms with E-state index in [1.807, 2.05) is 47.7 Å². The molecular weight excluding hydrogens is 715 g/mol. The van der Waals surface area contributed by atoms with Gasteiger partial charge in [-0.1, -0.05) is 165 Å². The number of nitrogens with zero attached hydrogens (tertiary/aromatic N) is 3. The Morgan fingerprint density at radius 2 is 1.11 bits per heavy atom. The van der Waals surface area contributed by atoms with Gasteiger partial charge in [0.2, 0.25) is 0 Å². The zero-order valence-corrected chi connectivity index (χ0v) is 32.0. The second kappa shape index (κ2) is 13.7. The van der Waals surface area contributed by atoms with E-state index < -0.39 is 0 Å². The summed E-state index contributed by atoms with van der Waals surface area (Å²) in [7, 11) is 0. The van der Waals surface area contributed by atoms with E-state index in [-0.39, 0.29) is 0 Å². The van der Waals surface area contributed by atoms with Gasteiger partial charge in [-0.15, -0.1) is 11.3 Å². The molecule has 3 aromatic heterocycles. The van der Waals surface area contributed by atoms with Crippen LogP contribution < -0.4 is 0 Å². The molecule has 1 atom stereocenters. The van der Waals surface area contributed by atoms with Crippen LogP contribution in [0, 0.1) is 5.92 Å². The maximum absolute atomic E-state index is 6.76. The minimum atomic E-state index is 0.567. The lowest BCUT2D eigenvalue weighted by Crippen LogP contribution is -2.00. The number of thiophene rings is 1. The van der Waals surface area contributed by atoms with Crippen LogP contribution in [0.15, 0.2) is 174 Å². The van der Waals surface area contributed by atoms with E-state index in [1.165, 1.54) is 31.7 Å². The molecule has 4 nitrogen and oxygen atoms in total. The van der Waals surface area contributed by atoms with Crippen LogP contribution in [0.25, 0.3) is 106 Å². The van der Waals surface area contributed by atoms with E-state index >= 15 is 0 Å². The maximum atomic E-state index is 6.76. The van der Waals surface area contributed by atoms with Crippen LogP contribution in [0.3, 0.4) is 0 Å². The lowest BCUT2D eigenvalue weighted by Gasteiger charge is -2.11. The van der Waals surface area contributed by atoms with Crippen LogP contribution in [0.4, 0.5) is 0 Å². The molecule has 3 heterocycles. The van der Waals surface area contributed by atoms with Crippen molar-refractivity contribution in [3.05, 3.63) is 180 Å². The predicted molar refractivity (Wildman–Crippen MR) is 237 cm³/mol. The van der Waals surface area contributed by atoms with Crippen LogP contribution in [0.5, 0.6) is 0 Å². The van der Waals surface area contributed by atoms with Crippen molar-refractivity contribution in [2.75, 3.05) is 0 Å². The highest BCUT2D eigenvalue weighted by Gasteiger charge is 2.22. The molecule has 10 aromatic rings. The van der Waals surface area contributed by atoms with Crippen LogP contribution in [0.1, 0.15) is 17.4 Å². The van der Waals surface area contributed by atoms with Crippen LogP contribution >= 0.6 is 11.3 Å². The molecule has 0 radical (unpaired) electrons. The Morgan fingerprint density at radius 1 is 0.509 bits per heavy atom. The van der Waals surface area contributed by atoms with Crippen molar-refractivity contribution in [1.82, 2.24) is 15.0 Å². The van der Waals surface area contributed by atoms with Crippen molar-refractivity contribution in [3.8, 4) is 67.5 Å². The maximum Gasteiger partial charge on any atom is 0.164 e. The number of fused-ring (bicyclic) bond motifs is 6. The van der Waals surface area contributed by atoms with Gasteiger partial charge in [0.25, 0.3) is 0 Å². The number of rotatable bonds is 6. The minimum Gasteiger partial charge on any atom is -0.455 e. The highest BCUT2D eigenvalue weighted by Crippen LogP contribution is 2.44. The summed E-state index contributed by atoms with van der Waals surface area (Å²) in [5.41, 5.74) is 12.6. The molecule has 1 aliphatic carbocycles. The van der Waals surface area contributed by atoms with E-state index in [0.717, 1.165) is 67.3 Å². The fourth-order valence-electron chi connectivity index (χ4n) is 8.25. The van der Waals surface area contributed by atoms with Crippen LogP contribution in [0.2, 0.25) is 0 Å². The molecule has 1 aliphatic rings. The Bertz CT molecular complexity index is 3150. The lowest BCUT2D eigenvalue weighted by molar-refractivity contribution is 0.670. The molecule has 0 amide bonds. The van der Waals surface area contributed by atoms with Crippen molar-refractivity contribution >= 4 is 49.4 Å². The predicted octanol–water partition coefficient (Wildman–Crippen LogP) is 14.2. The zero-order valence-electron chi connectivity index (χ0n) is 31.2. The van der Waals surface area contributed by atoms with Gasteiger partial charge in [-0.2, -0.15) is 0 Å². The number of hydrogen-bond acceptors (Lipinski definition) is 5. The molecular formula is C52H35N3OS. The standard InChI is InChI=1S/C52H35N3OS/c1-32-23-28-40-41-20-11-19-39(49(41)57-46(40)29-32)35-24-26-37(27-25-35)51-53-50(36-17-9-4-10-18-36)54-52(55-51)42-21-12-22-45-47(42)44-31-38(33-13-5-2-6-14-33)30-43(48(44)56-45)34-15-7-3-8-16-34/h2-28,30-32H,29H2,1H3. The van der Waals surface area contributed by atoms with Crippen molar-refractivity contribution in [2.45, 2.75) is 13.3 Å². The Labute approximate surface area is 334 Å². The fourth-order valence-corrected chi connectivity index (χ4v) is 9.72. The molecule has 0 saturated heterocycles. The number of allylic oxidation sites excluding steroid dienone is 1. The van der Waals surface area contributed by atoms with Gasteiger partial charge in [-0.25, -0.2) is 15.0 Å². The lowest BCUT2D eigenvalue weighted by atomic mass is 9.94. The number of benzene rings is 7. The third-order valence-electron chi connectivity index (χ3n) is 11.1. The molecule has 0 aliphatic heterocycles. The van der Waals surface area contributed by atoms with E-state index in [4.69, 9.17) is 19.4 Å². The highest BCUT2D eigenvalue weighted by molar-refractivity contribution is 7.20. The molecule has 0 N–H and O–H groups in total. The SMILES string of the molecule is CC1C=Cc2c(sc3c(-c4ccc(-c5nc(-c6ccccc6)nc(-c6cccc7oc8c(-c9ccccc9)cc(-c9ccccc9)cc8c67)n5)cc4)cccc23)C1. The highest BCUT2D eigenvalue weighted by atomic mass is 32.1. The molecule has 270 valence electrons. The summed E-state index contributed by atoms with van der Waals surface area (Å²) < 4.78 is 8.11. The Kier molecular flexibility index (Phi) is 8.00. The molecule has 0 fully saturated rings. The number of furan rings is 1. The fraction of sp³-hybridized carbons (Fsp3) is 0.0577. The first-order valence-corrected chi connectivity index (χ1v) is 20.2. The second-order valence-electron chi connectivity index (χ2n) is 14.8. The smallest absolute Gasteiger partial charge is 0.164 e. The quantitative estimate of drug-likeness (QED) is 0.170. The molecule has 0 saturated carbocycles. The van der Waals surface area contributed by atoms with Crippen LogP contribution in [-0.4, -0.2) is 15.0 Å². The normalized spacial score (nSPS) is 13.7. The largest absolute Gasteiger partial charge is 0.455 e. The molecule has 0 bridgehead atoms. The van der Waals surface area contributed by atoms with Gasteiger partial charge in [-0.3, -0.25) is 0 Å². The monoisotopic (exact) mass is 749 g/mol. The van der Waals surface area contributed by atoms with E-state index in [1.54, 1.807) is 0 Å². The Balaban J connectivity index is 1.08. The summed E-state index contributed by atoms with van der Waals surface area (Å²) >= 11 is 1.93. The van der Waals surface area contributed by atoms with Gasteiger partial charge in [-0.05, 0) is 63.9 Å². The van der Waals surface area contributed by atoms with Gasteiger partial charge >= 0.3 is 0 Å². The number of aromatic nitrogens is 3. The molecule has 0 spiro atoms. The van der Waals surface area contributed by atoms with Gasteiger partial charge in [0.15, 0.2) is 17.5 Å². The summed E-state index contributed by atoms with van der Waals surface area (Å²) in [6.45, 7) is 2.29. The number of hydrogen-bond donors (Lipinski definition) is 0.